The van der Waals surface area contributed by atoms with Gasteiger partial charge in [-0.05, 0) is 32.1 Å². The molecule has 1 fully saturated rings. The lowest BCUT2D eigenvalue weighted by molar-refractivity contribution is -0.133. The molecule has 1 aliphatic heterocycles. The molecule has 1 heterocycles. The molecule has 0 aromatic heterocycles. The molecule has 1 aliphatic rings. The van der Waals surface area contributed by atoms with Crippen LogP contribution in [0, 0.1) is 5.92 Å². The van der Waals surface area contributed by atoms with Crippen molar-refractivity contribution < 1.29 is 4.79 Å². The number of nitrogens with zero attached hydrogens (tertiary/aromatic N) is 1. The van der Waals surface area contributed by atoms with Crippen LogP contribution in [0.15, 0.2) is 0 Å². The second-order valence-electron chi connectivity index (χ2n) is 6.13. The molecule has 19 heavy (non-hydrogen) atoms. The first-order valence-corrected chi connectivity index (χ1v) is 8.11. The number of amides is 1. The van der Waals surface area contributed by atoms with Crippen LogP contribution in [-0.4, -0.2) is 29.1 Å². The number of carbonyl (C=O) groups is 1. The van der Waals surface area contributed by atoms with Crippen molar-refractivity contribution in [2.45, 2.75) is 84.8 Å². The molecule has 0 bridgehead atoms. The Bertz CT molecular complexity index is 292. The third-order valence-electron chi connectivity index (χ3n) is 4.69. The van der Waals surface area contributed by atoms with Crippen LogP contribution in [0.25, 0.3) is 0 Å². The molecule has 3 atom stereocenters. The average Bonchev–Trinajstić information content (AvgIpc) is 2.68. The molecule has 3 unspecified atom stereocenters. The summed E-state index contributed by atoms with van der Waals surface area (Å²) >= 11 is 0. The van der Waals surface area contributed by atoms with Gasteiger partial charge in [0.25, 0.3) is 0 Å². The smallest absolute Gasteiger partial charge is 0.243 e. The van der Waals surface area contributed by atoms with Crippen molar-refractivity contribution in [3.63, 3.8) is 0 Å². The van der Waals surface area contributed by atoms with E-state index < -0.39 is 0 Å². The maximum atomic E-state index is 12.6. The zero-order valence-corrected chi connectivity index (χ0v) is 13.5. The van der Waals surface area contributed by atoms with Gasteiger partial charge in [-0.15, -0.1) is 0 Å². The Morgan fingerprint density at radius 2 is 2.00 bits per heavy atom. The Kier molecular flexibility index (Phi) is 6.31. The largest absolute Gasteiger partial charge is 0.325 e. The highest BCUT2D eigenvalue weighted by molar-refractivity contribution is 5.88. The van der Waals surface area contributed by atoms with Crippen molar-refractivity contribution in [2.24, 2.45) is 5.92 Å². The van der Waals surface area contributed by atoms with Crippen molar-refractivity contribution in [3.8, 4) is 0 Å². The minimum atomic E-state index is -0.344. The van der Waals surface area contributed by atoms with Crippen LogP contribution in [0.5, 0.6) is 0 Å². The van der Waals surface area contributed by atoms with E-state index in [1.54, 1.807) is 0 Å². The van der Waals surface area contributed by atoms with Crippen molar-refractivity contribution in [2.75, 3.05) is 6.54 Å². The van der Waals surface area contributed by atoms with Crippen LogP contribution in [0.3, 0.4) is 0 Å². The van der Waals surface area contributed by atoms with Crippen LogP contribution in [0.4, 0.5) is 0 Å². The number of rotatable bonds is 8. The molecule has 0 saturated carbocycles. The molecule has 112 valence electrons. The van der Waals surface area contributed by atoms with Gasteiger partial charge < -0.3 is 4.90 Å². The third kappa shape index (κ3) is 3.71. The summed E-state index contributed by atoms with van der Waals surface area (Å²) in [6, 6.07) is 0. The first-order valence-electron chi connectivity index (χ1n) is 8.11. The highest BCUT2D eigenvalue weighted by Crippen LogP contribution is 2.27. The quantitative estimate of drug-likeness (QED) is 0.730. The maximum Gasteiger partial charge on any atom is 0.243 e. The summed E-state index contributed by atoms with van der Waals surface area (Å²) in [4.78, 5) is 14.7. The van der Waals surface area contributed by atoms with Gasteiger partial charge in [-0.3, -0.25) is 10.1 Å². The molecule has 3 nitrogen and oxygen atoms in total. The van der Waals surface area contributed by atoms with Gasteiger partial charge in [0.2, 0.25) is 5.91 Å². The summed E-state index contributed by atoms with van der Waals surface area (Å²) in [5, 5.41) is 3.53. The zero-order valence-electron chi connectivity index (χ0n) is 13.5. The van der Waals surface area contributed by atoms with E-state index in [0.717, 1.165) is 19.4 Å². The fourth-order valence-electron chi connectivity index (χ4n) is 2.95. The van der Waals surface area contributed by atoms with Gasteiger partial charge >= 0.3 is 0 Å². The predicted octanol–water partition coefficient (Wildman–Crippen LogP) is 3.54. The normalized spacial score (nSPS) is 29.0. The summed E-state index contributed by atoms with van der Waals surface area (Å²) < 4.78 is 0. The second kappa shape index (κ2) is 7.28. The van der Waals surface area contributed by atoms with E-state index in [4.69, 9.17) is 0 Å². The molecule has 0 aromatic carbocycles. The number of hydrogen-bond donors (Lipinski definition) is 1. The van der Waals surface area contributed by atoms with Gasteiger partial charge in [0.05, 0.1) is 11.7 Å². The standard InChI is InChI=1S/C16H32N2O/c1-6-10-11-13(7-2)12-18-14(8-3)17-16(5,9-4)15(18)19/h13-14,17H,6-12H2,1-5H3. The highest BCUT2D eigenvalue weighted by atomic mass is 16.2. The number of hydrogen-bond acceptors (Lipinski definition) is 2. The summed E-state index contributed by atoms with van der Waals surface area (Å²) in [7, 11) is 0. The maximum absolute atomic E-state index is 12.6. The lowest BCUT2D eigenvalue weighted by Gasteiger charge is -2.28. The van der Waals surface area contributed by atoms with E-state index in [9.17, 15) is 4.79 Å². The van der Waals surface area contributed by atoms with Gasteiger partial charge in [-0.1, -0.05) is 47.0 Å². The molecule has 0 aliphatic carbocycles. The fraction of sp³-hybridized carbons (Fsp3) is 0.938. The van der Waals surface area contributed by atoms with E-state index >= 15 is 0 Å². The van der Waals surface area contributed by atoms with Gasteiger partial charge in [0, 0.05) is 6.54 Å². The van der Waals surface area contributed by atoms with E-state index in [1.807, 2.05) is 6.92 Å². The molecule has 1 amide bonds. The number of unbranched alkanes of at least 4 members (excludes halogenated alkanes) is 1. The Labute approximate surface area is 119 Å². The van der Waals surface area contributed by atoms with Crippen LogP contribution in [0.2, 0.25) is 0 Å². The van der Waals surface area contributed by atoms with Gasteiger partial charge in [-0.25, -0.2) is 0 Å². The third-order valence-corrected chi connectivity index (χ3v) is 4.69. The van der Waals surface area contributed by atoms with Crippen molar-refractivity contribution in [1.82, 2.24) is 10.2 Å². The zero-order chi connectivity index (χ0) is 14.5. The Balaban J connectivity index is 2.71. The first-order chi connectivity index (χ1) is 9.02. The lowest BCUT2D eigenvalue weighted by Crippen LogP contribution is -2.43. The Hall–Kier alpha value is -0.570. The number of carbonyl (C=O) groups excluding carboxylic acids is 1. The monoisotopic (exact) mass is 268 g/mol. The van der Waals surface area contributed by atoms with Crippen molar-refractivity contribution >= 4 is 5.91 Å². The summed E-state index contributed by atoms with van der Waals surface area (Å²) in [6.45, 7) is 11.7. The topological polar surface area (TPSA) is 32.3 Å². The minimum absolute atomic E-state index is 0.230. The predicted molar refractivity (Wildman–Crippen MR) is 80.9 cm³/mol. The number of nitrogens with one attached hydrogen (secondary N) is 1. The van der Waals surface area contributed by atoms with Gasteiger partial charge in [-0.2, -0.15) is 0 Å². The minimum Gasteiger partial charge on any atom is -0.325 e. The molecule has 0 spiro atoms. The van der Waals surface area contributed by atoms with Crippen LogP contribution < -0.4 is 5.32 Å². The van der Waals surface area contributed by atoms with E-state index in [-0.39, 0.29) is 11.7 Å². The molecule has 1 N–H and O–H groups in total. The van der Waals surface area contributed by atoms with E-state index in [2.05, 4.69) is 37.9 Å². The van der Waals surface area contributed by atoms with Gasteiger partial charge in [0.15, 0.2) is 0 Å². The second-order valence-corrected chi connectivity index (χ2v) is 6.13. The molecule has 0 aromatic rings. The summed E-state index contributed by atoms with van der Waals surface area (Å²) in [5.74, 6) is 0.954. The molecule has 1 rings (SSSR count). The van der Waals surface area contributed by atoms with Crippen molar-refractivity contribution in [3.05, 3.63) is 0 Å². The highest BCUT2D eigenvalue weighted by Gasteiger charge is 2.46. The molecule has 1 saturated heterocycles. The fourth-order valence-corrected chi connectivity index (χ4v) is 2.95. The molecule has 0 radical (unpaired) electrons. The molecular formula is C16H32N2O. The Morgan fingerprint density at radius 3 is 2.47 bits per heavy atom. The SMILES string of the molecule is CCCCC(CC)CN1C(=O)C(C)(CC)NC1CC. The average molecular weight is 268 g/mol. The van der Waals surface area contributed by atoms with E-state index in [0.29, 0.717) is 11.8 Å². The summed E-state index contributed by atoms with van der Waals surface area (Å²) in [6.07, 6.45) is 7.02. The first kappa shape index (κ1) is 16.5. The van der Waals surface area contributed by atoms with Gasteiger partial charge in [0.1, 0.15) is 0 Å². The lowest BCUT2D eigenvalue weighted by atomic mass is 9.96. The van der Waals surface area contributed by atoms with Crippen LogP contribution in [-0.2, 0) is 4.79 Å². The summed E-state index contributed by atoms with van der Waals surface area (Å²) in [5.41, 5.74) is -0.344. The molecular weight excluding hydrogens is 236 g/mol. The van der Waals surface area contributed by atoms with Crippen LogP contribution >= 0.6 is 0 Å². The van der Waals surface area contributed by atoms with Crippen molar-refractivity contribution in [1.29, 1.82) is 0 Å². The van der Waals surface area contributed by atoms with Crippen LogP contribution in [0.1, 0.15) is 73.1 Å². The molecule has 3 heteroatoms. The Morgan fingerprint density at radius 1 is 1.32 bits per heavy atom. The van der Waals surface area contributed by atoms with E-state index in [1.165, 1.54) is 25.7 Å².